The third-order valence-electron chi connectivity index (χ3n) is 2.00. The lowest BCUT2D eigenvalue weighted by Crippen LogP contribution is -2.19. The number of hydrogen-bond acceptors (Lipinski definition) is 1. The van der Waals surface area contributed by atoms with Gasteiger partial charge in [0.05, 0.1) is 5.69 Å². The predicted octanol–water partition coefficient (Wildman–Crippen LogP) is 3.59. The molecule has 0 aliphatic rings. The van der Waals surface area contributed by atoms with Crippen LogP contribution in [0.15, 0.2) is 18.2 Å². The Bertz CT molecular complexity index is 313. The van der Waals surface area contributed by atoms with Gasteiger partial charge in [-0.3, -0.25) is 0 Å². The summed E-state index contributed by atoms with van der Waals surface area (Å²) >= 11 is 0. The molecule has 0 saturated carbocycles. The molecule has 78 valence electrons. The summed E-state index contributed by atoms with van der Waals surface area (Å²) in [5.41, 5.74) is 1.44. The van der Waals surface area contributed by atoms with E-state index in [-0.39, 0.29) is 11.2 Å². The molecule has 0 saturated heterocycles. The largest absolute Gasteiger partial charge is 0.382 e. The van der Waals surface area contributed by atoms with Gasteiger partial charge in [0, 0.05) is 6.54 Å². The summed E-state index contributed by atoms with van der Waals surface area (Å²) in [6.45, 7) is 8.90. The standard InChI is InChI=1S/C12H18FN/c1-9-6-5-7-10(11(9)13)14-8-12(2,3)4/h5-7,14H,8H2,1-4H3. The van der Waals surface area contributed by atoms with Crippen LogP contribution in [-0.4, -0.2) is 6.54 Å². The van der Waals surface area contributed by atoms with Gasteiger partial charge < -0.3 is 5.32 Å². The zero-order valence-electron chi connectivity index (χ0n) is 9.32. The van der Waals surface area contributed by atoms with Gasteiger partial charge in [0.2, 0.25) is 0 Å². The molecule has 0 heterocycles. The molecule has 0 unspecified atom stereocenters. The zero-order chi connectivity index (χ0) is 10.8. The lowest BCUT2D eigenvalue weighted by atomic mass is 9.97. The Balaban J connectivity index is 2.73. The lowest BCUT2D eigenvalue weighted by molar-refractivity contribution is 0.442. The maximum atomic E-state index is 13.5. The highest BCUT2D eigenvalue weighted by Gasteiger charge is 2.11. The molecule has 0 bridgehead atoms. The van der Waals surface area contributed by atoms with Crippen LogP contribution in [0, 0.1) is 18.2 Å². The first kappa shape index (κ1) is 11.0. The fourth-order valence-corrected chi connectivity index (χ4v) is 1.14. The molecule has 0 fully saturated rings. The summed E-state index contributed by atoms with van der Waals surface area (Å²) in [5.74, 6) is -0.142. The van der Waals surface area contributed by atoms with Gasteiger partial charge in [-0.2, -0.15) is 0 Å². The SMILES string of the molecule is Cc1cccc(NCC(C)(C)C)c1F. The number of benzene rings is 1. The molecule has 1 N–H and O–H groups in total. The van der Waals surface area contributed by atoms with Crippen molar-refractivity contribution in [3.63, 3.8) is 0 Å². The molecule has 1 nitrogen and oxygen atoms in total. The van der Waals surface area contributed by atoms with E-state index in [4.69, 9.17) is 0 Å². The Kier molecular flexibility index (Phi) is 3.14. The zero-order valence-corrected chi connectivity index (χ0v) is 9.32. The molecule has 0 spiro atoms. The fraction of sp³-hybridized carbons (Fsp3) is 0.500. The van der Waals surface area contributed by atoms with E-state index >= 15 is 0 Å². The van der Waals surface area contributed by atoms with E-state index in [0.29, 0.717) is 11.3 Å². The molecule has 0 aliphatic heterocycles. The highest BCUT2D eigenvalue weighted by Crippen LogP contribution is 2.20. The van der Waals surface area contributed by atoms with Crippen LogP contribution in [0.2, 0.25) is 0 Å². The highest BCUT2D eigenvalue weighted by atomic mass is 19.1. The Morgan fingerprint density at radius 2 is 1.93 bits per heavy atom. The molecule has 2 heteroatoms. The third-order valence-corrected chi connectivity index (χ3v) is 2.00. The smallest absolute Gasteiger partial charge is 0.149 e. The second-order valence-electron chi connectivity index (χ2n) is 4.85. The molecular weight excluding hydrogens is 177 g/mol. The Labute approximate surface area is 85.3 Å². The van der Waals surface area contributed by atoms with Gasteiger partial charge in [-0.15, -0.1) is 0 Å². The van der Waals surface area contributed by atoms with E-state index < -0.39 is 0 Å². The van der Waals surface area contributed by atoms with Gasteiger partial charge in [-0.05, 0) is 24.0 Å². The van der Waals surface area contributed by atoms with Gasteiger partial charge in [0.15, 0.2) is 0 Å². The molecule has 0 aromatic heterocycles. The molecule has 1 rings (SSSR count). The molecule has 1 aromatic rings. The Morgan fingerprint density at radius 1 is 1.29 bits per heavy atom. The summed E-state index contributed by atoms with van der Waals surface area (Å²) in [5, 5.41) is 3.12. The first-order valence-electron chi connectivity index (χ1n) is 4.89. The van der Waals surface area contributed by atoms with E-state index in [2.05, 4.69) is 26.1 Å². The van der Waals surface area contributed by atoms with Gasteiger partial charge in [-0.1, -0.05) is 32.9 Å². The van der Waals surface area contributed by atoms with Crippen LogP contribution in [0.25, 0.3) is 0 Å². The second kappa shape index (κ2) is 3.99. The predicted molar refractivity (Wildman–Crippen MR) is 59.1 cm³/mol. The van der Waals surface area contributed by atoms with Gasteiger partial charge in [-0.25, -0.2) is 4.39 Å². The van der Waals surface area contributed by atoms with Crippen molar-refractivity contribution in [2.24, 2.45) is 5.41 Å². The number of rotatable bonds is 2. The van der Waals surface area contributed by atoms with Crippen LogP contribution in [-0.2, 0) is 0 Å². The summed E-state index contributed by atoms with van der Waals surface area (Å²) in [6.07, 6.45) is 0. The topological polar surface area (TPSA) is 12.0 Å². The van der Waals surface area contributed by atoms with Gasteiger partial charge in [0.25, 0.3) is 0 Å². The Morgan fingerprint density at radius 3 is 2.50 bits per heavy atom. The van der Waals surface area contributed by atoms with Crippen molar-refractivity contribution >= 4 is 5.69 Å². The van der Waals surface area contributed by atoms with E-state index in [0.717, 1.165) is 6.54 Å². The quantitative estimate of drug-likeness (QED) is 0.760. The van der Waals surface area contributed by atoms with Gasteiger partial charge >= 0.3 is 0 Å². The Hall–Kier alpha value is -1.05. The summed E-state index contributed by atoms with van der Waals surface area (Å²) < 4.78 is 13.5. The molecule has 1 aromatic carbocycles. The molecule has 0 aliphatic carbocycles. The van der Waals surface area contributed by atoms with E-state index in [1.807, 2.05) is 6.07 Å². The van der Waals surface area contributed by atoms with E-state index in [1.54, 1.807) is 19.1 Å². The first-order valence-corrected chi connectivity index (χ1v) is 4.89. The van der Waals surface area contributed by atoms with Crippen molar-refractivity contribution in [3.05, 3.63) is 29.6 Å². The number of nitrogens with one attached hydrogen (secondary N) is 1. The van der Waals surface area contributed by atoms with Crippen LogP contribution in [0.5, 0.6) is 0 Å². The van der Waals surface area contributed by atoms with Crippen molar-refractivity contribution in [3.8, 4) is 0 Å². The van der Waals surface area contributed by atoms with Crippen molar-refractivity contribution in [1.29, 1.82) is 0 Å². The molecule has 0 radical (unpaired) electrons. The summed E-state index contributed by atoms with van der Waals surface area (Å²) in [4.78, 5) is 0. The maximum Gasteiger partial charge on any atom is 0.149 e. The molecule has 0 amide bonds. The monoisotopic (exact) mass is 195 g/mol. The van der Waals surface area contributed by atoms with Crippen molar-refractivity contribution in [2.45, 2.75) is 27.7 Å². The van der Waals surface area contributed by atoms with E-state index in [1.165, 1.54) is 0 Å². The third kappa shape index (κ3) is 3.02. The van der Waals surface area contributed by atoms with E-state index in [9.17, 15) is 4.39 Å². The molecule has 14 heavy (non-hydrogen) atoms. The normalized spacial score (nSPS) is 11.5. The maximum absolute atomic E-state index is 13.5. The minimum Gasteiger partial charge on any atom is -0.382 e. The molecular formula is C12H18FN. The number of hydrogen-bond donors (Lipinski definition) is 1. The minimum atomic E-state index is -0.142. The van der Waals surface area contributed by atoms with Crippen molar-refractivity contribution < 1.29 is 4.39 Å². The van der Waals surface area contributed by atoms with Crippen molar-refractivity contribution in [2.75, 3.05) is 11.9 Å². The summed E-state index contributed by atoms with van der Waals surface area (Å²) in [7, 11) is 0. The number of halogens is 1. The lowest BCUT2D eigenvalue weighted by Gasteiger charge is -2.20. The second-order valence-corrected chi connectivity index (χ2v) is 4.85. The summed E-state index contributed by atoms with van der Waals surface area (Å²) in [6, 6.07) is 5.41. The minimum absolute atomic E-state index is 0.142. The van der Waals surface area contributed by atoms with Crippen LogP contribution in [0.4, 0.5) is 10.1 Å². The first-order chi connectivity index (χ1) is 6.40. The van der Waals surface area contributed by atoms with Crippen LogP contribution < -0.4 is 5.32 Å². The number of anilines is 1. The number of aryl methyl sites for hydroxylation is 1. The average Bonchev–Trinajstić information content (AvgIpc) is 2.06. The van der Waals surface area contributed by atoms with Gasteiger partial charge in [0.1, 0.15) is 5.82 Å². The molecule has 0 atom stereocenters. The average molecular weight is 195 g/mol. The highest BCUT2D eigenvalue weighted by molar-refractivity contribution is 5.47. The van der Waals surface area contributed by atoms with Crippen LogP contribution in [0.1, 0.15) is 26.3 Å². The van der Waals surface area contributed by atoms with Crippen molar-refractivity contribution in [1.82, 2.24) is 0 Å². The fourth-order valence-electron chi connectivity index (χ4n) is 1.14. The van der Waals surface area contributed by atoms with Crippen LogP contribution in [0.3, 0.4) is 0 Å². The van der Waals surface area contributed by atoms with Crippen LogP contribution >= 0.6 is 0 Å².